The normalized spacial score (nSPS) is 10.9. The van der Waals surface area contributed by atoms with Crippen molar-refractivity contribution in [3.63, 3.8) is 0 Å². The smallest absolute Gasteiger partial charge is 0.205 e. The van der Waals surface area contributed by atoms with Crippen molar-refractivity contribution in [2.75, 3.05) is 19.0 Å². The second-order valence-electron chi connectivity index (χ2n) is 3.67. The second kappa shape index (κ2) is 3.05. The minimum Gasteiger partial charge on any atom is -0.506 e. The first-order valence-corrected chi connectivity index (χ1v) is 4.57. The number of fused-ring (bicyclic) bond motifs is 1. The summed E-state index contributed by atoms with van der Waals surface area (Å²) in [7, 11) is 5.51. The zero-order valence-corrected chi connectivity index (χ0v) is 8.89. The first kappa shape index (κ1) is 9.64. The SMILES string of the molecule is CN(C)c1nc2c(O)ccc(O)c2n1C. The molecule has 0 fully saturated rings. The predicted molar refractivity (Wildman–Crippen MR) is 58.4 cm³/mol. The summed E-state index contributed by atoms with van der Waals surface area (Å²) in [6, 6.07) is 2.89. The fourth-order valence-corrected chi connectivity index (χ4v) is 1.67. The molecule has 2 aromatic rings. The Morgan fingerprint density at radius 3 is 2.33 bits per heavy atom. The van der Waals surface area contributed by atoms with Gasteiger partial charge in [0.25, 0.3) is 0 Å². The zero-order valence-electron chi connectivity index (χ0n) is 8.89. The number of nitrogens with zero attached hydrogens (tertiary/aromatic N) is 3. The van der Waals surface area contributed by atoms with Crippen molar-refractivity contribution >= 4 is 17.0 Å². The minimum absolute atomic E-state index is 0.0755. The molecule has 5 nitrogen and oxygen atoms in total. The van der Waals surface area contributed by atoms with Gasteiger partial charge in [0, 0.05) is 21.1 Å². The van der Waals surface area contributed by atoms with Crippen LogP contribution in [0, 0.1) is 0 Å². The van der Waals surface area contributed by atoms with Gasteiger partial charge < -0.3 is 19.7 Å². The van der Waals surface area contributed by atoms with Crippen molar-refractivity contribution in [3.8, 4) is 11.5 Å². The van der Waals surface area contributed by atoms with Crippen LogP contribution in [0.5, 0.6) is 11.5 Å². The van der Waals surface area contributed by atoms with Gasteiger partial charge in [0.05, 0.1) is 0 Å². The third kappa shape index (κ3) is 1.27. The van der Waals surface area contributed by atoms with Crippen LogP contribution in [0.1, 0.15) is 0 Å². The number of phenolic OH excluding ortho intramolecular Hbond substituents is 2. The molecule has 2 N–H and O–H groups in total. The fourth-order valence-electron chi connectivity index (χ4n) is 1.67. The summed E-state index contributed by atoms with van der Waals surface area (Å²) in [5.41, 5.74) is 0.958. The summed E-state index contributed by atoms with van der Waals surface area (Å²) < 4.78 is 1.74. The molecule has 1 aromatic heterocycles. The summed E-state index contributed by atoms with van der Waals surface area (Å²) in [5, 5.41) is 19.3. The number of benzene rings is 1. The largest absolute Gasteiger partial charge is 0.506 e. The van der Waals surface area contributed by atoms with E-state index in [1.54, 1.807) is 11.6 Å². The van der Waals surface area contributed by atoms with Crippen LogP contribution in [0.25, 0.3) is 11.0 Å². The standard InChI is InChI=1S/C10H13N3O2/c1-12(2)10-11-8-6(14)4-5-7(15)9(8)13(10)3/h4-5,14-15H,1-3H3. The monoisotopic (exact) mass is 207 g/mol. The topological polar surface area (TPSA) is 61.5 Å². The molecule has 80 valence electrons. The minimum atomic E-state index is 0.0755. The number of aromatic nitrogens is 2. The number of aromatic hydroxyl groups is 2. The first-order valence-electron chi connectivity index (χ1n) is 4.57. The Kier molecular flexibility index (Phi) is 1.96. The van der Waals surface area contributed by atoms with E-state index >= 15 is 0 Å². The van der Waals surface area contributed by atoms with Crippen molar-refractivity contribution in [2.24, 2.45) is 7.05 Å². The van der Waals surface area contributed by atoms with Crippen LogP contribution < -0.4 is 4.90 Å². The highest BCUT2D eigenvalue weighted by Gasteiger charge is 2.15. The van der Waals surface area contributed by atoms with Gasteiger partial charge in [-0.15, -0.1) is 0 Å². The van der Waals surface area contributed by atoms with E-state index in [4.69, 9.17) is 0 Å². The van der Waals surface area contributed by atoms with Crippen molar-refractivity contribution in [1.82, 2.24) is 9.55 Å². The van der Waals surface area contributed by atoms with Crippen LogP contribution in [-0.2, 0) is 7.05 Å². The molecule has 1 aromatic carbocycles. The molecule has 0 atom stereocenters. The molecule has 1 heterocycles. The lowest BCUT2D eigenvalue weighted by molar-refractivity contribution is 0.467. The molecule has 2 rings (SSSR count). The molecule has 0 saturated heterocycles. The number of rotatable bonds is 1. The van der Waals surface area contributed by atoms with Gasteiger partial charge in [-0.1, -0.05) is 0 Å². The van der Waals surface area contributed by atoms with Gasteiger partial charge in [0.2, 0.25) is 5.95 Å². The third-order valence-electron chi connectivity index (χ3n) is 2.36. The summed E-state index contributed by atoms with van der Waals surface area (Å²) in [4.78, 5) is 6.07. The Labute approximate surface area is 87.2 Å². The molecule has 0 radical (unpaired) electrons. The van der Waals surface area contributed by atoms with Crippen molar-refractivity contribution in [2.45, 2.75) is 0 Å². The summed E-state index contributed by atoms with van der Waals surface area (Å²) in [6.45, 7) is 0. The Morgan fingerprint density at radius 1 is 1.20 bits per heavy atom. The Hall–Kier alpha value is -1.91. The summed E-state index contributed by atoms with van der Waals surface area (Å²) in [6.07, 6.45) is 0. The highest BCUT2D eigenvalue weighted by Crippen LogP contribution is 2.33. The maximum Gasteiger partial charge on any atom is 0.205 e. The number of hydrogen-bond acceptors (Lipinski definition) is 4. The van der Waals surface area contributed by atoms with Crippen LogP contribution in [-0.4, -0.2) is 33.9 Å². The van der Waals surface area contributed by atoms with Crippen LogP contribution in [0.2, 0.25) is 0 Å². The molecule has 15 heavy (non-hydrogen) atoms. The maximum atomic E-state index is 9.68. The number of aryl methyl sites for hydroxylation is 1. The van der Waals surface area contributed by atoms with Gasteiger partial charge in [-0.2, -0.15) is 0 Å². The van der Waals surface area contributed by atoms with E-state index in [0.29, 0.717) is 17.0 Å². The predicted octanol–water partition coefficient (Wildman–Crippen LogP) is 1.05. The zero-order chi connectivity index (χ0) is 11.2. The molecule has 0 bridgehead atoms. The van der Waals surface area contributed by atoms with E-state index in [2.05, 4.69) is 4.98 Å². The number of imidazole rings is 1. The Bertz CT molecular complexity index is 517. The lowest BCUT2D eigenvalue weighted by atomic mass is 10.2. The maximum absolute atomic E-state index is 9.68. The van der Waals surface area contributed by atoms with Crippen molar-refractivity contribution in [3.05, 3.63) is 12.1 Å². The number of phenols is 2. The second-order valence-corrected chi connectivity index (χ2v) is 3.67. The number of hydrogen-bond donors (Lipinski definition) is 2. The molecule has 0 amide bonds. The molecule has 0 unspecified atom stereocenters. The van der Waals surface area contributed by atoms with E-state index in [0.717, 1.165) is 0 Å². The Balaban J connectivity index is 2.87. The molecule has 5 heteroatoms. The van der Waals surface area contributed by atoms with Crippen molar-refractivity contribution < 1.29 is 10.2 Å². The summed E-state index contributed by atoms with van der Waals surface area (Å²) in [5.74, 6) is 0.874. The van der Waals surface area contributed by atoms with Crippen LogP contribution in [0.3, 0.4) is 0 Å². The lowest BCUT2D eigenvalue weighted by Crippen LogP contribution is -2.13. The average Bonchev–Trinajstić information content (AvgIpc) is 2.51. The van der Waals surface area contributed by atoms with Crippen LogP contribution in [0.15, 0.2) is 12.1 Å². The number of anilines is 1. The lowest BCUT2D eigenvalue weighted by Gasteiger charge is -2.10. The first-order chi connectivity index (χ1) is 7.02. The van der Waals surface area contributed by atoms with Gasteiger partial charge in [0.1, 0.15) is 22.5 Å². The highest BCUT2D eigenvalue weighted by atomic mass is 16.3. The summed E-state index contributed by atoms with van der Waals surface area (Å²) >= 11 is 0. The highest BCUT2D eigenvalue weighted by molar-refractivity contribution is 5.89. The van der Waals surface area contributed by atoms with Gasteiger partial charge in [-0.3, -0.25) is 0 Å². The van der Waals surface area contributed by atoms with Gasteiger partial charge >= 0.3 is 0 Å². The molecule has 0 aliphatic carbocycles. The van der Waals surface area contributed by atoms with E-state index in [1.165, 1.54) is 12.1 Å². The van der Waals surface area contributed by atoms with Crippen LogP contribution >= 0.6 is 0 Å². The third-order valence-corrected chi connectivity index (χ3v) is 2.36. The molecular formula is C10H13N3O2. The molecule has 0 aliphatic rings. The van der Waals surface area contributed by atoms with E-state index in [1.807, 2.05) is 19.0 Å². The van der Waals surface area contributed by atoms with Gasteiger partial charge in [0.15, 0.2) is 0 Å². The fraction of sp³-hybridized carbons (Fsp3) is 0.300. The molecule has 0 saturated carbocycles. The quantitative estimate of drug-likeness (QED) is 0.686. The van der Waals surface area contributed by atoms with Crippen molar-refractivity contribution in [1.29, 1.82) is 0 Å². The Morgan fingerprint density at radius 2 is 1.80 bits per heavy atom. The molecule has 0 spiro atoms. The van der Waals surface area contributed by atoms with Gasteiger partial charge in [-0.05, 0) is 12.1 Å². The average molecular weight is 207 g/mol. The van der Waals surface area contributed by atoms with E-state index in [9.17, 15) is 10.2 Å². The molecular weight excluding hydrogens is 194 g/mol. The van der Waals surface area contributed by atoms with Crippen LogP contribution in [0.4, 0.5) is 5.95 Å². The van der Waals surface area contributed by atoms with Gasteiger partial charge in [-0.25, -0.2) is 4.98 Å². The van der Waals surface area contributed by atoms with E-state index < -0.39 is 0 Å². The molecule has 0 aliphatic heterocycles. The van der Waals surface area contributed by atoms with E-state index in [-0.39, 0.29) is 11.5 Å².